The van der Waals surface area contributed by atoms with E-state index in [0.717, 1.165) is 26.7 Å². The van der Waals surface area contributed by atoms with Gasteiger partial charge in [0.2, 0.25) is 5.75 Å². The number of benzene rings is 4. The van der Waals surface area contributed by atoms with Gasteiger partial charge in [0.05, 0.1) is 18.1 Å². The minimum atomic E-state index is -0.751. The molecule has 0 saturated carbocycles. The number of rotatable bonds is 11. The zero-order valence-electron chi connectivity index (χ0n) is 25.1. The van der Waals surface area contributed by atoms with E-state index in [0.29, 0.717) is 22.3 Å². The van der Waals surface area contributed by atoms with Gasteiger partial charge in [-0.2, -0.15) is 0 Å². The fourth-order valence-electron chi connectivity index (χ4n) is 5.53. The number of nitro groups is 1. The van der Waals surface area contributed by atoms with Crippen molar-refractivity contribution in [3.8, 4) is 22.6 Å². The molecule has 1 aromatic heterocycles. The van der Waals surface area contributed by atoms with Crippen molar-refractivity contribution in [1.29, 1.82) is 0 Å². The highest BCUT2D eigenvalue weighted by Gasteiger charge is 2.37. The highest BCUT2D eigenvalue weighted by Crippen LogP contribution is 2.38. The van der Waals surface area contributed by atoms with Gasteiger partial charge in [-0.05, 0) is 55.1 Å². The number of aromatic nitrogens is 2. The predicted molar refractivity (Wildman–Crippen MR) is 177 cm³/mol. The molecule has 0 aliphatic carbocycles. The van der Waals surface area contributed by atoms with Crippen molar-refractivity contribution in [1.82, 2.24) is 15.2 Å². The number of hydrogen-bond donors (Lipinski definition) is 1. The summed E-state index contributed by atoms with van der Waals surface area (Å²) < 4.78 is 22.9. The van der Waals surface area contributed by atoms with Gasteiger partial charge in [0.1, 0.15) is 36.0 Å². The Labute approximate surface area is 283 Å². The Morgan fingerprint density at radius 2 is 1.77 bits per heavy atom. The summed E-state index contributed by atoms with van der Waals surface area (Å²) in [7, 11) is 1.28. The van der Waals surface area contributed by atoms with Crippen molar-refractivity contribution in [2.24, 2.45) is 0 Å². The second-order valence-corrected chi connectivity index (χ2v) is 11.6. The molecule has 1 N–H and O–H groups in total. The summed E-state index contributed by atoms with van der Waals surface area (Å²) in [4.78, 5) is 26.0. The van der Waals surface area contributed by atoms with Crippen molar-refractivity contribution in [3.63, 3.8) is 0 Å². The molecule has 2 atom stereocenters. The molecule has 244 valence electrons. The van der Waals surface area contributed by atoms with Crippen LogP contribution in [0, 0.1) is 10.1 Å². The average molecular weight is 726 g/mol. The van der Waals surface area contributed by atoms with Gasteiger partial charge in [0.15, 0.2) is 0 Å². The van der Waals surface area contributed by atoms with E-state index in [1.54, 1.807) is 17.0 Å². The number of β-amino-alcohol motifs (C(OH)–C–C–N with tert-alkyl or cyclic N) is 1. The largest absolute Gasteiger partial charge is 0.488 e. The lowest BCUT2D eigenvalue weighted by Crippen LogP contribution is -2.36. The molecule has 0 spiro atoms. The fourth-order valence-corrected chi connectivity index (χ4v) is 6.14. The van der Waals surface area contributed by atoms with Crippen LogP contribution in [0.4, 0.5) is 5.69 Å². The second-order valence-electron chi connectivity index (χ2n) is 10.9. The number of nitrogens with zero attached hydrogens (tertiary/aromatic N) is 4. The van der Waals surface area contributed by atoms with Crippen LogP contribution in [0.15, 0.2) is 88.0 Å². The van der Waals surface area contributed by atoms with Gasteiger partial charge in [-0.1, -0.05) is 54.6 Å². The summed E-state index contributed by atoms with van der Waals surface area (Å²) in [6.45, 7) is 0.414. The number of ether oxygens (including phenoxy) is 3. The molecule has 1 aliphatic heterocycles. The lowest BCUT2D eigenvalue weighted by Gasteiger charge is -2.23. The molecular weight excluding hydrogens is 696 g/mol. The summed E-state index contributed by atoms with van der Waals surface area (Å²) in [6.07, 6.45) is -0.562. The van der Waals surface area contributed by atoms with E-state index < -0.39 is 23.0 Å². The molecule has 12 nitrogen and oxygen atoms in total. The quantitative estimate of drug-likeness (QED) is 0.0935. The van der Waals surface area contributed by atoms with E-state index in [1.807, 2.05) is 54.6 Å². The molecule has 0 radical (unpaired) electrons. The average Bonchev–Trinajstić information content (AvgIpc) is 3.69. The summed E-state index contributed by atoms with van der Waals surface area (Å²) in [5.74, 6) is -0.157. The monoisotopic (exact) mass is 724 g/mol. The molecule has 5 aromatic rings. The number of aliphatic hydroxyl groups excluding tert-OH is 1. The summed E-state index contributed by atoms with van der Waals surface area (Å²) in [6, 6.07) is 23.1. The third-order valence-electron chi connectivity index (χ3n) is 7.83. The molecule has 1 saturated heterocycles. The van der Waals surface area contributed by atoms with Crippen LogP contribution in [0.25, 0.3) is 22.2 Å². The first-order chi connectivity index (χ1) is 22.3. The smallest absolute Gasteiger partial charge is 0.323 e. The number of likely N-dealkylation sites (tertiary alicyclic amines) is 1. The molecule has 0 bridgehead atoms. The van der Waals surface area contributed by atoms with Gasteiger partial charge < -0.3 is 19.3 Å². The van der Waals surface area contributed by atoms with Crippen molar-refractivity contribution in [2.75, 3.05) is 13.7 Å². The maximum atomic E-state index is 12.5. The maximum absolute atomic E-state index is 12.5. The molecular formula is C33H30BrClN4O8. The molecule has 4 aromatic carbocycles. The summed E-state index contributed by atoms with van der Waals surface area (Å²) >= 11 is 3.69. The van der Waals surface area contributed by atoms with Gasteiger partial charge >= 0.3 is 11.7 Å². The Morgan fingerprint density at radius 3 is 2.53 bits per heavy atom. The van der Waals surface area contributed by atoms with Gasteiger partial charge in [-0.25, -0.2) is 4.63 Å². The van der Waals surface area contributed by atoms with Crippen LogP contribution >= 0.6 is 28.3 Å². The number of fused-ring (bicyclic) bond motifs is 1. The van der Waals surface area contributed by atoms with Gasteiger partial charge in [0.25, 0.3) is 0 Å². The highest BCUT2D eigenvalue weighted by molar-refractivity contribution is 9.10. The summed E-state index contributed by atoms with van der Waals surface area (Å²) in [5, 5.41) is 30.3. The van der Waals surface area contributed by atoms with E-state index in [1.165, 1.54) is 19.2 Å². The van der Waals surface area contributed by atoms with Crippen LogP contribution in [-0.2, 0) is 29.3 Å². The lowest BCUT2D eigenvalue weighted by molar-refractivity contribution is -0.386. The topological polar surface area (TPSA) is 150 Å². The van der Waals surface area contributed by atoms with Crippen molar-refractivity contribution in [2.45, 2.75) is 38.3 Å². The van der Waals surface area contributed by atoms with Crippen molar-refractivity contribution >= 4 is 51.0 Å². The Morgan fingerprint density at radius 1 is 1.00 bits per heavy atom. The number of methoxy groups -OCH3 is 1. The molecule has 0 unspecified atom stereocenters. The minimum Gasteiger partial charge on any atom is -0.488 e. The van der Waals surface area contributed by atoms with E-state index in [4.69, 9.17) is 18.8 Å². The van der Waals surface area contributed by atoms with Crippen molar-refractivity contribution < 1.29 is 33.7 Å². The fraction of sp³-hybridized carbons (Fsp3) is 0.242. The zero-order chi connectivity index (χ0) is 32.2. The van der Waals surface area contributed by atoms with Crippen LogP contribution in [0.3, 0.4) is 0 Å². The zero-order valence-corrected chi connectivity index (χ0v) is 27.5. The molecule has 0 amide bonds. The van der Waals surface area contributed by atoms with Crippen LogP contribution in [0.1, 0.15) is 23.1 Å². The highest BCUT2D eigenvalue weighted by atomic mass is 79.9. The molecule has 14 heteroatoms. The second kappa shape index (κ2) is 14.9. The number of esters is 1. The first kappa shape index (κ1) is 33.8. The Hall–Kier alpha value is -4.56. The third kappa shape index (κ3) is 7.54. The Kier molecular flexibility index (Phi) is 10.7. The van der Waals surface area contributed by atoms with Crippen LogP contribution in [0.5, 0.6) is 11.5 Å². The Balaban J connectivity index is 0.00000433. The first-order valence-electron chi connectivity index (χ1n) is 14.4. The molecule has 6 rings (SSSR count). The molecule has 2 heterocycles. The van der Waals surface area contributed by atoms with Crippen LogP contribution < -0.4 is 9.47 Å². The third-order valence-corrected chi connectivity index (χ3v) is 8.76. The van der Waals surface area contributed by atoms with Gasteiger partial charge in [-0.15, -0.1) is 12.4 Å². The van der Waals surface area contributed by atoms with Crippen molar-refractivity contribution in [3.05, 3.63) is 110 Å². The standard InChI is InChI=1S/C33H29BrN4O8.ClH/c1-43-33(40)29-14-24(39)17-37(29)16-23-13-28(38(41)42)31(15-30(23)44-18-20-10-11-26-27(12-20)36-46-35-26)45-19-22-8-5-9-25(32(22)34)21-6-3-2-4-7-21;/h2-13,15,24,29,39H,14,16-19H2,1H3;1H/t24-,29-;/m1./s1. The number of hydrogen-bond acceptors (Lipinski definition) is 11. The lowest BCUT2D eigenvalue weighted by atomic mass is 10.0. The van der Waals surface area contributed by atoms with Crippen LogP contribution in [0.2, 0.25) is 0 Å². The number of carbonyl (C=O) groups excluding carboxylic acids is 1. The van der Waals surface area contributed by atoms with Gasteiger partial charge in [-0.3, -0.25) is 19.8 Å². The molecule has 1 fully saturated rings. The Bertz CT molecular complexity index is 1890. The van der Waals surface area contributed by atoms with E-state index in [2.05, 4.69) is 26.2 Å². The normalized spacial score (nSPS) is 16.1. The first-order valence-corrected chi connectivity index (χ1v) is 15.2. The van der Waals surface area contributed by atoms with Crippen LogP contribution in [-0.4, -0.2) is 57.0 Å². The number of carbonyl (C=O) groups is 1. The minimum absolute atomic E-state index is 0. The SMILES string of the molecule is COC(=O)[C@H]1C[C@@H](O)CN1Cc1cc([N+](=O)[O-])c(OCc2cccc(-c3ccccc3)c2Br)cc1OCc1ccc2nonc2c1.Cl. The van der Waals surface area contributed by atoms with E-state index in [-0.39, 0.29) is 56.6 Å². The number of aliphatic hydroxyl groups is 1. The van der Waals surface area contributed by atoms with E-state index in [9.17, 15) is 20.0 Å². The number of nitro benzene ring substituents is 1. The molecule has 47 heavy (non-hydrogen) atoms. The van der Waals surface area contributed by atoms with Gasteiger partial charge in [0, 0.05) is 47.2 Å². The number of halogens is 2. The maximum Gasteiger partial charge on any atom is 0.323 e. The summed E-state index contributed by atoms with van der Waals surface area (Å²) in [5.41, 5.74) is 4.87. The van der Waals surface area contributed by atoms with E-state index >= 15 is 0 Å². The molecule has 1 aliphatic rings. The predicted octanol–water partition coefficient (Wildman–Crippen LogP) is 6.25.